The maximum absolute atomic E-state index is 12.4. The van der Waals surface area contributed by atoms with Crippen molar-refractivity contribution in [1.82, 2.24) is 10.6 Å². The van der Waals surface area contributed by atoms with E-state index in [0.29, 0.717) is 19.3 Å². The van der Waals surface area contributed by atoms with Crippen LogP contribution in [0.1, 0.15) is 45.6 Å². The Hall–Kier alpha value is -2.57. The maximum atomic E-state index is 12.4. The number of carboxylic acids is 1. The Labute approximate surface area is 154 Å². The largest absolute Gasteiger partial charge is 0.480 e. The molecule has 7 heteroatoms. The van der Waals surface area contributed by atoms with Crippen LogP contribution in [0.5, 0.6) is 0 Å². The van der Waals surface area contributed by atoms with Gasteiger partial charge in [0.05, 0.1) is 0 Å². The van der Waals surface area contributed by atoms with Gasteiger partial charge in [0, 0.05) is 0 Å². The molecule has 3 N–H and O–H groups in total. The number of aliphatic carboxylic acids is 1. The molecule has 2 atom stereocenters. The zero-order valence-corrected chi connectivity index (χ0v) is 15.5. The molecule has 0 saturated carbocycles. The van der Waals surface area contributed by atoms with E-state index in [9.17, 15) is 19.5 Å². The van der Waals surface area contributed by atoms with Crippen LogP contribution in [0.15, 0.2) is 30.3 Å². The lowest BCUT2D eigenvalue weighted by molar-refractivity contribution is -0.142. The van der Waals surface area contributed by atoms with Crippen LogP contribution in [0, 0.1) is 5.92 Å². The lowest BCUT2D eigenvalue weighted by Gasteiger charge is -2.22. The number of amides is 2. The summed E-state index contributed by atoms with van der Waals surface area (Å²) in [5.41, 5.74) is 0.835. The fourth-order valence-electron chi connectivity index (χ4n) is 2.43. The summed E-state index contributed by atoms with van der Waals surface area (Å²) in [5.74, 6) is -1.49. The van der Waals surface area contributed by atoms with Gasteiger partial charge in [0.2, 0.25) is 5.91 Å². The lowest BCUT2D eigenvalue weighted by Crippen LogP contribution is -2.51. The average Bonchev–Trinajstić information content (AvgIpc) is 2.59. The standard InChI is InChI=1S/C19H28N2O5/c1-4-8-15(17(22)20-16(18(23)24)11-13(2)3)21-19(25)26-12-14-9-6-5-7-10-14/h5-7,9-10,13,15-16H,4,8,11-12H2,1-3H3,(H,20,22)(H,21,25)(H,23,24)/t15-,16+/m0/s1. The van der Waals surface area contributed by atoms with Crippen LogP contribution in [-0.4, -0.2) is 35.2 Å². The molecule has 0 radical (unpaired) electrons. The van der Waals surface area contributed by atoms with Gasteiger partial charge in [-0.05, 0) is 24.3 Å². The number of hydrogen-bond donors (Lipinski definition) is 3. The Morgan fingerprint density at radius 1 is 1.08 bits per heavy atom. The van der Waals surface area contributed by atoms with Crippen LogP contribution in [0.2, 0.25) is 0 Å². The average molecular weight is 364 g/mol. The Morgan fingerprint density at radius 2 is 1.73 bits per heavy atom. The van der Waals surface area contributed by atoms with Crippen LogP contribution in [0.4, 0.5) is 4.79 Å². The van der Waals surface area contributed by atoms with Crippen molar-refractivity contribution in [1.29, 1.82) is 0 Å². The lowest BCUT2D eigenvalue weighted by atomic mass is 10.0. The Kier molecular flexibility index (Phi) is 9.19. The van der Waals surface area contributed by atoms with Gasteiger partial charge in [-0.15, -0.1) is 0 Å². The second-order valence-corrected chi connectivity index (χ2v) is 6.58. The molecule has 1 aromatic rings. The SMILES string of the molecule is CCC[C@H](NC(=O)OCc1ccccc1)C(=O)N[C@H](CC(C)C)C(=O)O. The summed E-state index contributed by atoms with van der Waals surface area (Å²) in [6.07, 6.45) is 0.649. The number of benzene rings is 1. The minimum Gasteiger partial charge on any atom is -0.480 e. The van der Waals surface area contributed by atoms with Crippen molar-refractivity contribution < 1.29 is 24.2 Å². The predicted octanol–water partition coefficient (Wildman–Crippen LogP) is 2.70. The Morgan fingerprint density at radius 3 is 2.27 bits per heavy atom. The van der Waals surface area contributed by atoms with Crippen LogP contribution >= 0.6 is 0 Å². The number of rotatable bonds is 10. The molecule has 1 rings (SSSR count). The van der Waals surface area contributed by atoms with Crippen molar-refractivity contribution in [2.75, 3.05) is 0 Å². The maximum Gasteiger partial charge on any atom is 0.408 e. The van der Waals surface area contributed by atoms with Gasteiger partial charge in [0.15, 0.2) is 0 Å². The van der Waals surface area contributed by atoms with E-state index in [1.54, 1.807) is 0 Å². The van der Waals surface area contributed by atoms with Crippen molar-refractivity contribution in [3.63, 3.8) is 0 Å². The van der Waals surface area contributed by atoms with Crippen LogP contribution < -0.4 is 10.6 Å². The summed E-state index contributed by atoms with van der Waals surface area (Å²) in [6.45, 7) is 5.73. The Balaban J connectivity index is 2.60. The van der Waals surface area contributed by atoms with E-state index in [4.69, 9.17) is 4.74 Å². The molecule has 0 heterocycles. The highest BCUT2D eigenvalue weighted by Crippen LogP contribution is 2.07. The quantitative estimate of drug-likeness (QED) is 0.592. The summed E-state index contributed by atoms with van der Waals surface area (Å²) >= 11 is 0. The van der Waals surface area contributed by atoms with Crippen LogP contribution in [-0.2, 0) is 20.9 Å². The molecule has 0 aliphatic heterocycles. The van der Waals surface area contributed by atoms with E-state index >= 15 is 0 Å². The molecular weight excluding hydrogens is 336 g/mol. The number of nitrogens with one attached hydrogen (secondary N) is 2. The molecule has 0 bridgehead atoms. The van der Waals surface area contributed by atoms with E-state index < -0.39 is 30.1 Å². The van der Waals surface area contributed by atoms with E-state index in [0.717, 1.165) is 5.56 Å². The minimum absolute atomic E-state index is 0.0955. The monoisotopic (exact) mass is 364 g/mol. The van der Waals surface area contributed by atoms with Crippen molar-refractivity contribution in [2.24, 2.45) is 5.92 Å². The van der Waals surface area contributed by atoms with Gasteiger partial charge in [0.1, 0.15) is 18.7 Å². The van der Waals surface area contributed by atoms with E-state index in [1.807, 2.05) is 51.1 Å². The van der Waals surface area contributed by atoms with Gasteiger partial charge in [-0.3, -0.25) is 4.79 Å². The van der Waals surface area contributed by atoms with Gasteiger partial charge in [0.25, 0.3) is 0 Å². The molecule has 2 amide bonds. The molecule has 0 aliphatic rings. The Bertz CT molecular complexity index is 589. The van der Waals surface area contributed by atoms with Gasteiger partial charge in [-0.25, -0.2) is 9.59 Å². The molecular formula is C19H28N2O5. The zero-order chi connectivity index (χ0) is 19.5. The zero-order valence-electron chi connectivity index (χ0n) is 15.5. The molecule has 7 nitrogen and oxygen atoms in total. The number of carboxylic acid groups (broad SMARTS) is 1. The van der Waals surface area contributed by atoms with Crippen molar-refractivity contribution in [3.8, 4) is 0 Å². The highest BCUT2D eigenvalue weighted by atomic mass is 16.5. The summed E-state index contributed by atoms with van der Waals surface area (Å²) < 4.78 is 5.13. The summed E-state index contributed by atoms with van der Waals surface area (Å²) in [4.78, 5) is 35.7. The van der Waals surface area contributed by atoms with E-state index in [2.05, 4.69) is 10.6 Å². The normalized spacial score (nSPS) is 12.9. The predicted molar refractivity (Wildman–Crippen MR) is 97.5 cm³/mol. The first-order chi connectivity index (χ1) is 12.3. The smallest absolute Gasteiger partial charge is 0.408 e. The highest BCUT2D eigenvalue weighted by Gasteiger charge is 2.26. The molecule has 0 saturated heterocycles. The molecule has 0 fully saturated rings. The van der Waals surface area contributed by atoms with Gasteiger partial charge < -0.3 is 20.5 Å². The highest BCUT2D eigenvalue weighted by molar-refractivity contribution is 5.89. The fourth-order valence-corrected chi connectivity index (χ4v) is 2.43. The third-order valence-electron chi connectivity index (χ3n) is 3.72. The molecule has 144 valence electrons. The molecule has 0 aromatic heterocycles. The summed E-state index contributed by atoms with van der Waals surface area (Å²) in [6, 6.07) is 7.37. The summed E-state index contributed by atoms with van der Waals surface area (Å²) in [7, 11) is 0. The first-order valence-electron chi connectivity index (χ1n) is 8.83. The first kappa shape index (κ1) is 21.5. The number of carbonyl (C=O) groups excluding carboxylic acids is 2. The summed E-state index contributed by atoms with van der Waals surface area (Å²) in [5, 5.41) is 14.3. The topological polar surface area (TPSA) is 105 Å². The number of hydrogen-bond acceptors (Lipinski definition) is 4. The third kappa shape index (κ3) is 8.00. The van der Waals surface area contributed by atoms with Crippen LogP contribution in [0.3, 0.4) is 0 Å². The third-order valence-corrected chi connectivity index (χ3v) is 3.72. The van der Waals surface area contributed by atoms with Crippen molar-refractivity contribution >= 4 is 18.0 Å². The molecule has 26 heavy (non-hydrogen) atoms. The van der Waals surface area contributed by atoms with Gasteiger partial charge in [-0.1, -0.05) is 57.5 Å². The molecule has 0 unspecified atom stereocenters. The number of alkyl carbamates (subject to hydrolysis) is 1. The van der Waals surface area contributed by atoms with Crippen molar-refractivity contribution in [3.05, 3.63) is 35.9 Å². The van der Waals surface area contributed by atoms with E-state index in [-0.39, 0.29) is 12.5 Å². The fraction of sp³-hybridized carbons (Fsp3) is 0.526. The molecule has 0 aliphatic carbocycles. The second-order valence-electron chi connectivity index (χ2n) is 6.58. The molecule has 1 aromatic carbocycles. The van der Waals surface area contributed by atoms with Crippen LogP contribution in [0.25, 0.3) is 0 Å². The second kappa shape index (κ2) is 11.1. The van der Waals surface area contributed by atoms with Gasteiger partial charge in [-0.2, -0.15) is 0 Å². The number of ether oxygens (including phenoxy) is 1. The first-order valence-corrected chi connectivity index (χ1v) is 8.83. The number of carbonyl (C=O) groups is 3. The minimum atomic E-state index is -1.09. The van der Waals surface area contributed by atoms with E-state index in [1.165, 1.54) is 0 Å². The molecule has 0 spiro atoms. The van der Waals surface area contributed by atoms with Crippen molar-refractivity contribution in [2.45, 2.75) is 58.7 Å². The van der Waals surface area contributed by atoms with Gasteiger partial charge >= 0.3 is 12.1 Å².